The van der Waals surface area contributed by atoms with Crippen LogP contribution in [0.3, 0.4) is 0 Å². The highest BCUT2D eigenvalue weighted by Gasteiger charge is 2.28. The van der Waals surface area contributed by atoms with E-state index in [0.29, 0.717) is 6.54 Å². The van der Waals surface area contributed by atoms with Gasteiger partial charge in [-0.15, -0.1) is 0 Å². The first-order chi connectivity index (χ1) is 9.13. The van der Waals surface area contributed by atoms with Crippen LogP contribution in [0.4, 0.5) is 4.39 Å². The number of amides is 1. The Labute approximate surface area is 121 Å². The maximum Gasteiger partial charge on any atom is 0.257 e. The molecule has 1 aliphatic heterocycles. The zero-order chi connectivity index (χ0) is 13.8. The van der Waals surface area contributed by atoms with E-state index in [-0.39, 0.29) is 17.5 Å². The van der Waals surface area contributed by atoms with Crippen LogP contribution in [-0.2, 0) is 0 Å². The summed E-state index contributed by atoms with van der Waals surface area (Å²) in [5, 5.41) is 3.25. The van der Waals surface area contributed by atoms with Crippen molar-refractivity contribution in [2.24, 2.45) is 0 Å². The van der Waals surface area contributed by atoms with Gasteiger partial charge >= 0.3 is 0 Å². The topological polar surface area (TPSA) is 32.3 Å². The second kappa shape index (κ2) is 6.48. The molecule has 2 rings (SSSR count). The van der Waals surface area contributed by atoms with E-state index < -0.39 is 5.82 Å². The van der Waals surface area contributed by atoms with Gasteiger partial charge in [-0.3, -0.25) is 4.79 Å². The largest absolute Gasteiger partial charge is 0.334 e. The zero-order valence-corrected chi connectivity index (χ0v) is 12.5. The molecule has 0 aliphatic carbocycles. The summed E-state index contributed by atoms with van der Waals surface area (Å²) in [7, 11) is 0. The molecule has 1 fully saturated rings. The first-order valence-electron chi connectivity index (χ1n) is 6.60. The minimum absolute atomic E-state index is 0.148. The van der Waals surface area contributed by atoms with Gasteiger partial charge in [0.2, 0.25) is 0 Å². The third-order valence-corrected chi connectivity index (χ3v) is 3.85. The summed E-state index contributed by atoms with van der Waals surface area (Å²) in [6, 6.07) is 4.66. The summed E-state index contributed by atoms with van der Waals surface area (Å²) < 4.78 is 14.5. The second-order valence-corrected chi connectivity index (χ2v) is 5.69. The van der Waals surface area contributed by atoms with Crippen LogP contribution in [0.2, 0.25) is 0 Å². The minimum Gasteiger partial charge on any atom is -0.334 e. The molecule has 19 heavy (non-hydrogen) atoms. The van der Waals surface area contributed by atoms with Gasteiger partial charge in [-0.2, -0.15) is 0 Å². The van der Waals surface area contributed by atoms with E-state index in [0.717, 1.165) is 30.4 Å². The standard InChI is InChI=1S/C14H18BrFN2O/c1-2-7-18(11-5-6-17-9-11)14(19)12-8-10(15)3-4-13(12)16/h3-4,8,11,17H,2,5-7,9H2,1H3. The van der Waals surface area contributed by atoms with E-state index in [1.807, 2.05) is 6.92 Å². The number of nitrogens with one attached hydrogen (secondary N) is 1. The molecule has 1 aromatic carbocycles. The van der Waals surface area contributed by atoms with E-state index >= 15 is 0 Å². The van der Waals surface area contributed by atoms with Gasteiger partial charge in [-0.05, 0) is 37.6 Å². The van der Waals surface area contributed by atoms with Gasteiger partial charge in [0, 0.05) is 23.6 Å². The van der Waals surface area contributed by atoms with Gasteiger partial charge < -0.3 is 10.2 Å². The molecule has 1 atom stereocenters. The fourth-order valence-corrected chi connectivity index (χ4v) is 2.77. The third kappa shape index (κ3) is 3.34. The molecule has 0 spiro atoms. The lowest BCUT2D eigenvalue weighted by molar-refractivity contribution is 0.0687. The molecule has 5 heteroatoms. The highest BCUT2D eigenvalue weighted by atomic mass is 79.9. The van der Waals surface area contributed by atoms with Crippen LogP contribution in [-0.4, -0.2) is 36.5 Å². The smallest absolute Gasteiger partial charge is 0.257 e. The number of halogens is 2. The van der Waals surface area contributed by atoms with Crippen LogP contribution < -0.4 is 5.32 Å². The number of carbonyl (C=O) groups excluding carboxylic acids is 1. The number of rotatable bonds is 4. The molecule has 0 aromatic heterocycles. The number of carbonyl (C=O) groups is 1. The van der Waals surface area contributed by atoms with Crippen molar-refractivity contribution in [3.8, 4) is 0 Å². The van der Waals surface area contributed by atoms with Crippen molar-refractivity contribution >= 4 is 21.8 Å². The second-order valence-electron chi connectivity index (χ2n) is 4.77. The van der Waals surface area contributed by atoms with E-state index in [1.165, 1.54) is 6.07 Å². The van der Waals surface area contributed by atoms with Gasteiger partial charge in [-0.1, -0.05) is 22.9 Å². The summed E-state index contributed by atoms with van der Waals surface area (Å²) in [5.74, 6) is -0.672. The summed E-state index contributed by atoms with van der Waals surface area (Å²) >= 11 is 3.29. The van der Waals surface area contributed by atoms with Crippen molar-refractivity contribution in [1.29, 1.82) is 0 Å². The van der Waals surface area contributed by atoms with Crippen molar-refractivity contribution in [2.75, 3.05) is 19.6 Å². The van der Waals surface area contributed by atoms with E-state index in [1.54, 1.807) is 17.0 Å². The molecule has 1 aliphatic rings. The quantitative estimate of drug-likeness (QED) is 0.921. The summed E-state index contributed by atoms with van der Waals surface area (Å²) in [4.78, 5) is 14.3. The average Bonchev–Trinajstić information content (AvgIpc) is 2.92. The van der Waals surface area contributed by atoms with E-state index in [9.17, 15) is 9.18 Å². The van der Waals surface area contributed by atoms with Gasteiger partial charge in [0.1, 0.15) is 5.82 Å². The Bertz CT molecular complexity index is 461. The lowest BCUT2D eigenvalue weighted by Crippen LogP contribution is -2.42. The summed E-state index contributed by atoms with van der Waals surface area (Å²) in [6.45, 7) is 4.40. The average molecular weight is 329 g/mol. The van der Waals surface area contributed by atoms with Crippen LogP contribution in [0.5, 0.6) is 0 Å². The zero-order valence-electron chi connectivity index (χ0n) is 11.0. The molecule has 104 valence electrons. The van der Waals surface area contributed by atoms with Crippen LogP contribution >= 0.6 is 15.9 Å². The fourth-order valence-electron chi connectivity index (χ4n) is 2.41. The van der Waals surface area contributed by atoms with Crippen LogP contribution in [0, 0.1) is 5.82 Å². The lowest BCUT2D eigenvalue weighted by Gasteiger charge is -2.28. The van der Waals surface area contributed by atoms with E-state index in [4.69, 9.17) is 0 Å². The van der Waals surface area contributed by atoms with Gasteiger partial charge in [-0.25, -0.2) is 4.39 Å². The van der Waals surface area contributed by atoms with E-state index in [2.05, 4.69) is 21.2 Å². The maximum atomic E-state index is 13.8. The molecule has 0 bridgehead atoms. The normalized spacial score (nSPS) is 18.6. The first-order valence-corrected chi connectivity index (χ1v) is 7.39. The molecular formula is C14H18BrFN2O. The maximum absolute atomic E-state index is 13.8. The SMILES string of the molecule is CCCN(C(=O)c1cc(Br)ccc1F)C1CCNC1. The Balaban J connectivity index is 2.25. The Kier molecular flexibility index (Phi) is 4.93. The first kappa shape index (κ1) is 14.5. The number of benzene rings is 1. The molecule has 3 nitrogen and oxygen atoms in total. The highest BCUT2D eigenvalue weighted by molar-refractivity contribution is 9.10. The monoisotopic (exact) mass is 328 g/mol. The number of hydrogen-bond acceptors (Lipinski definition) is 2. The fraction of sp³-hybridized carbons (Fsp3) is 0.500. The summed E-state index contributed by atoms with van der Waals surface area (Å²) in [5.41, 5.74) is 0.148. The lowest BCUT2D eigenvalue weighted by atomic mass is 10.1. The molecule has 0 saturated carbocycles. The summed E-state index contributed by atoms with van der Waals surface area (Å²) in [6.07, 6.45) is 1.80. The molecular weight excluding hydrogens is 311 g/mol. The number of nitrogens with zero attached hydrogens (tertiary/aromatic N) is 1. The van der Waals surface area contributed by atoms with Crippen LogP contribution in [0.1, 0.15) is 30.1 Å². The van der Waals surface area contributed by atoms with Crippen molar-refractivity contribution < 1.29 is 9.18 Å². The molecule has 1 unspecified atom stereocenters. The Hall–Kier alpha value is -0.940. The van der Waals surface area contributed by atoms with Crippen molar-refractivity contribution in [3.05, 3.63) is 34.1 Å². The van der Waals surface area contributed by atoms with Crippen LogP contribution in [0.25, 0.3) is 0 Å². The third-order valence-electron chi connectivity index (χ3n) is 3.36. The molecule has 1 amide bonds. The predicted molar refractivity (Wildman–Crippen MR) is 76.7 cm³/mol. The minimum atomic E-state index is -0.458. The highest BCUT2D eigenvalue weighted by Crippen LogP contribution is 2.20. The molecule has 1 saturated heterocycles. The molecule has 0 radical (unpaired) electrons. The molecule has 1 N–H and O–H groups in total. The van der Waals surface area contributed by atoms with Crippen molar-refractivity contribution in [2.45, 2.75) is 25.8 Å². The molecule has 1 aromatic rings. The Morgan fingerprint density at radius 3 is 3.00 bits per heavy atom. The van der Waals surface area contributed by atoms with Gasteiger partial charge in [0.05, 0.1) is 5.56 Å². The predicted octanol–water partition coefficient (Wildman–Crippen LogP) is 2.80. The van der Waals surface area contributed by atoms with Gasteiger partial charge in [0.15, 0.2) is 0 Å². The van der Waals surface area contributed by atoms with Gasteiger partial charge in [0.25, 0.3) is 5.91 Å². The Morgan fingerprint density at radius 2 is 2.37 bits per heavy atom. The van der Waals surface area contributed by atoms with Crippen LogP contribution in [0.15, 0.2) is 22.7 Å². The molecule has 1 heterocycles. The van der Waals surface area contributed by atoms with Crippen molar-refractivity contribution in [1.82, 2.24) is 10.2 Å². The van der Waals surface area contributed by atoms with Crippen molar-refractivity contribution in [3.63, 3.8) is 0 Å². The number of hydrogen-bond donors (Lipinski definition) is 1. The Morgan fingerprint density at radius 1 is 1.58 bits per heavy atom.